The standard InChI is InChI=1S/C37H37N3OS2/c1-5-38-34(43-36(30-18-12-9-13-19-30)27(4)28-16-10-8-11-17-28)26-35-40(7-3)37(41)33(42-35)23-22-29-24-25-39(6-2)32-21-15-14-20-31(29)32/h8-26H,5-7H2,1-4H3/b29-22-,33-23+,35-26-,36-27+,38-34?. The molecule has 218 valence electrons. The highest BCUT2D eigenvalue weighted by atomic mass is 32.2. The van der Waals surface area contributed by atoms with E-state index in [9.17, 15) is 4.79 Å². The number of aliphatic imine (C=N–C) groups is 1. The second-order valence-electron chi connectivity index (χ2n) is 10.0. The summed E-state index contributed by atoms with van der Waals surface area (Å²) >= 11 is 3.18. The highest BCUT2D eigenvalue weighted by Crippen LogP contribution is 2.36. The third kappa shape index (κ3) is 6.93. The molecule has 1 aromatic heterocycles. The van der Waals surface area contributed by atoms with Crippen molar-refractivity contribution in [3.05, 3.63) is 140 Å². The molecule has 0 N–H and O–H groups in total. The lowest BCUT2D eigenvalue weighted by Crippen LogP contribution is -2.30. The number of anilines is 1. The maximum atomic E-state index is 13.5. The third-order valence-electron chi connectivity index (χ3n) is 7.32. The minimum atomic E-state index is 0.0269. The smallest absolute Gasteiger partial charge is 0.269 e. The number of thioether (sulfide) groups is 1. The minimum absolute atomic E-state index is 0.0269. The molecule has 0 saturated carbocycles. The second-order valence-corrected chi connectivity index (χ2v) is 12.1. The number of aromatic nitrogens is 1. The first-order valence-electron chi connectivity index (χ1n) is 14.8. The lowest BCUT2D eigenvalue weighted by molar-refractivity contribution is 0.723. The number of nitrogens with zero attached hydrogens (tertiary/aromatic N) is 3. The summed E-state index contributed by atoms with van der Waals surface area (Å²) in [5, 5.41) is 0.883. The van der Waals surface area contributed by atoms with E-state index < -0.39 is 0 Å². The fourth-order valence-electron chi connectivity index (χ4n) is 5.09. The Morgan fingerprint density at radius 3 is 2.21 bits per heavy atom. The molecule has 0 saturated heterocycles. The van der Waals surface area contributed by atoms with Crippen molar-refractivity contribution in [2.75, 3.05) is 18.0 Å². The van der Waals surface area contributed by atoms with Crippen LogP contribution in [-0.2, 0) is 6.54 Å². The van der Waals surface area contributed by atoms with Crippen molar-refractivity contribution < 1.29 is 0 Å². The van der Waals surface area contributed by atoms with Crippen molar-refractivity contribution in [3.63, 3.8) is 0 Å². The van der Waals surface area contributed by atoms with Gasteiger partial charge in [0, 0.05) is 48.1 Å². The van der Waals surface area contributed by atoms with Crippen LogP contribution in [0, 0.1) is 0 Å². The van der Waals surface area contributed by atoms with E-state index in [2.05, 4.69) is 116 Å². The maximum absolute atomic E-state index is 13.5. The molecule has 4 nitrogen and oxygen atoms in total. The van der Waals surface area contributed by atoms with Crippen molar-refractivity contribution in [2.45, 2.75) is 34.2 Å². The summed E-state index contributed by atoms with van der Waals surface area (Å²) in [7, 11) is 0. The van der Waals surface area contributed by atoms with Crippen molar-refractivity contribution in [3.8, 4) is 0 Å². The first kappa shape index (κ1) is 30.3. The number of benzene rings is 3. The van der Waals surface area contributed by atoms with Crippen molar-refractivity contribution in [1.29, 1.82) is 0 Å². The average molecular weight is 604 g/mol. The molecule has 0 unspecified atom stereocenters. The Morgan fingerprint density at radius 1 is 0.860 bits per heavy atom. The molecule has 0 aliphatic carbocycles. The van der Waals surface area contributed by atoms with Gasteiger partial charge in [-0.2, -0.15) is 0 Å². The van der Waals surface area contributed by atoms with Crippen LogP contribution in [0.2, 0.25) is 0 Å². The topological polar surface area (TPSA) is 37.6 Å². The van der Waals surface area contributed by atoms with E-state index >= 15 is 0 Å². The largest absolute Gasteiger partial charge is 0.348 e. The van der Waals surface area contributed by atoms with Gasteiger partial charge in [-0.3, -0.25) is 14.4 Å². The molecule has 43 heavy (non-hydrogen) atoms. The number of hydrogen-bond donors (Lipinski definition) is 0. The van der Waals surface area contributed by atoms with E-state index in [4.69, 9.17) is 4.99 Å². The lowest BCUT2D eigenvalue weighted by Gasteiger charge is -2.26. The summed E-state index contributed by atoms with van der Waals surface area (Å²) in [5.74, 6) is 0. The van der Waals surface area contributed by atoms with Crippen LogP contribution in [0.15, 0.2) is 113 Å². The van der Waals surface area contributed by atoms with Gasteiger partial charge < -0.3 is 4.90 Å². The summed E-state index contributed by atoms with van der Waals surface area (Å²) in [6.07, 6.45) is 10.3. The van der Waals surface area contributed by atoms with E-state index in [1.165, 1.54) is 33.7 Å². The SMILES string of the molecule is CCN=C(/C=c1\s/c(=C/C=C2/C=CN(CC)c3ccccc32)c(=O)n1CC)S/C(=C(\C)c1ccccc1)c1ccccc1. The lowest BCUT2D eigenvalue weighted by atomic mass is 9.99. The first-order valence-corrected chi connectivity index (χ1v) is 16.4. The van der Waals surface area contributed by atoms with Gasteiger partial charge in [0.1, 0.15) is 4.66 Å². The average Bonchev–Trinajstić information content (AvgIpc) is 3.35. The molecule has 1 aliphatic heterocycles. The second kappa shape index (κ2) is 14.4. The van der Waals surface area contributed by atoms with Gasteiger partial charge in [0.2, 0.25) is 0 Å². The van der Waals surface area contributed by atoms with Crippen LogP contribution in [0.25, 0.3) is 28.2 Å². The maximum Gasteiger partial charge on any atom is 0.269 e. The number of para-hydroxylation sites is 1. The van der Waals surface area contributed by atoms with Gasteiger partial charge >= 0.3 is 0 Å². The van der Waals surface area contributed by atoms with Crippen molar-refractivity contribution in [1.82, 2.24) is 4.57 Å². The Morgan fingerprint density at radius 2 is 1.53 bits per heavy atom. The number of thiazole rings is 1. The van der Waals surface area contributed by atoms with E-state index in [-0.39, 0.29) is 5.56 Å². The first-order chi connectivity index (χ1) is 21.0. The predicted molar refractivity (Wildman–Crippen MR) is 190 cm³/mol. The third-order valence-corrected chi connectivity index (χ3v) is 9.60. The number of fused-ring (bicyclic) bond motifs is 1. The molecule has 3 aromatic carbocycles. The molecule has 2 heterocycles. The Labute approximate surface area is 262 Å². The number of hydrogen-bond acceptors (Lipinski definition) is 5. The molecule has 1 aliphatic rings. The summed E-state index contributed by atoms with van der Waals surface area (Å²) < 4.78 is 3.46. The zero-order valence-electron chi connectivity index (χ0n) is 25.2. The molecule has 6 heteroatoms. The zero-order chi connectivity index (χ0) is 30.2. The van der Waals surface area contributed by atoms with E-state index in [0.29, 0.717) is 17.6 Å². The molecular weight excluding hydrogens is 567 g/mol. The van der Waals surface area contributed by atoms with Crippen LogP contribution >= 0.6 is 23.1 Å². The van der Waals surface area contributed by atoms with Crippen molar-refractivity contribution >= 4 is 62.0 Å². The van der Waals surface area contributed by atoms with Gasteiger partial charge in [-0.1, -0.05) is 96.7 Å². The van der Waals surface area contributed by atoms with Crippen LogP contribution in [0.1, 0.15) is 44.4 Å². The zero-order valence-corrected chi connectivity index (χ0v) is 26.8. The summed E-state index contributed by atoms with van der Waals surface area (Å²) in [4.78, 5) is 21.8. The van der Waals surface area contributed by atoms with Gasteiger partial charge in [0.05, 0.1) is 9.58 Å². The summed E-state index contributed by atoms with van der Waals surface area (Å²) in [5.41, 5.74) is 6.99. The Balaban J connectivity index is 1.57. The summed E-state index contributed by atoms with van der Waals surface area (Å²) in [6.45, 7) is 10.5. The fraction of sp³-hybridized carbons (Fsp3) is 0.189. The molecule has 0 fully saturated rings. The van der Waals surface area contributed by atoms with Crippen LogP contribution in [-0.4, -0.2) is 22.7 Å². The van der Waals surface area contributed by atoms with Gasteiger partial charge in [-0.15, -0.1) is 11.3 Å². The van der Waals surface area contributed by atoms with Crippen LogP contribution in [0.3, 0.4) is 0 Å². The quantitative estimate of drug-likeness (QED) is 0.118. The van der Waals surface area contributed by atoms with Gasteiger partial charge in [-0.05, 0) is 68.2 Å². The monoisotopic (exact) mass is 603 g/mol. The van der Waals surface area contributed by atoms with Crippen LogP contribution in [0.5, 0.6) is 0 Å². The molecule has 5 rings (SSSR count). The van der Waals surface area contributed by atoms with Crippen LogP contribution in [0.4, 0.5) is 5.69 Å². The molecule has 0 spiro atoms. The van der Waals surface area contributed by atoms with E-state index in [0.717, 1.165) is 32.3 Å². The molecule has 0 atom stereocenters. The van der Waals surface area contributed by atoms with Gasteiger partial charge in [-0.25, -0.2) is 0 Å². The van der Waals surface area contributed by atoms with E-state index in [1.807, 2.05) is 36.6 Å². The molecule has 0 bridgehead atoms. The molecular formula is C37H37N3OS2. The Kier molecular flexibility index (Phi) is 10.1. The summed E-state index contributed by atoms with van der Waals surface area (Å²) in [6, 6.07) is 29.3. The fourth-order valence-corrected chi connectivity index (χ4v) is 7.31. The highest BCUT2D eigenvalue weighted by molar-refractivity contribution is 8.22. The number of rotatable bonds is 8. The molecule has 0 radical (unpaired) electrons. The van der Waals surface area contributed by atoms with E-state index in [1.54, 1.807) is 11.8 Å². The molecule has 0 amide bonds. The predicted octanol–water partition coefficient (Wildman–Crippen LogP) is 7.67. The minimum Gasteiger partial charge on any atom is -0.348 e. The number of allylic oxidation sites excluding steroid dienone is 4. The van der Waals surface area contributed by atoms with Crippen molar-refractivity contribution in [2.24, 2.45) is 4.99 Å². The van der Waals surface area contributed by atoms with Gasteiger partial charge in [0.15, 0.2) is 0 Å². The highest BCUT2D eigenvalue weighted by Gasteiger charge is 2.15. The Bertz CT molecular complexity index is 1880. The van der Waals surface area contributed by atoms with Crippen LogP contribution < -0.4 is 19.7 Å². The normalized spacial score (nSPS) is 15.7. The van der Waals surface area contributed by atoms with Gasteiger partial charge in [0.25, 0.3) is 5.56 Å². The molecule has 4 aromatic rings. The Hall–Kier alpha value is -4.13.